The number of fused-ring (bicyclic) bond motifs is 1. The molecule has 3 aromatic rings. The van der Waals surface area contributed by atoms with Crippen LogP contribution in [0.3, 0.4) is 0 Å². The van der Waals surface area contributed by atoms with E-state index in [1.54, 1.807) is 12.5 Å². The number of hydrogen-bond acceptors (Lipinski definition) is 4. The smallest absolute Gasteiger partial charge is 0.196 e. The predicted molar refractivity (Wildman–Crippen MR) is 129 cm³/mol. The summed E-state index contributed by atoms with van der Waals surface area (Å²) in [4.78, 5) is 8.91. The van der Waals surface area contributed by atoms with Crippen LogP contribution in [0.2, 0.25) is 0 Å². The molecule has 0 atom stereocenters. The average Bonchev–Trinajstić information content (AvgIpc) is 3.18. The summed E-state index contributed by atoms with van der Waals surface area (Å²) < 4.78 is 13.5. The van der Waals surface area contributed by atoms with Gasteiger partial charge in [-0.05, 0) is 30.7 Å². The first-order valence-electron chi connectivity index (χ1n) is 9.84. The maximum atomic E-state index is 5.78. The largest absolute Gasteiger partial charge is 0.490 e. The molecule has 2 aromatic carbocycles. The van der Waals surface area contributed by atoms with Gasteiger partial charge in [0.2, 0.25) is 0 Å². The molecule has 1 aliphatic heterocycles. The number of ether oxygens (including phenoxy) is 2. The Kier molecular flexibility index (Phi) is 7.95. The molecule has 2 N–H and O–H groups in total. The van der Waals surface area contributed by atoms with Crippen molar-refractivity contribution in [3.05, 3.63) is 66.7 Å². The van der Waals surface area contributed by atoms with Crippen LogP contribution in [0.4, 0.5) is 5.69 Å². The van der Waals surface area contributed by atoms with Crippen LogP contribution in [-0.4, -0.2) is 35.3 Å². The van der Waals surface area contributed by atoms with Gasteiger partial charge in [-0.15, -0.1) is 24.0 Å². The summed E-state index contributed by atoms with van der Waals surface area (Å²) in [6.07, 6.45) is 6.39. The van der Waals surface area contributed by atoms with Crippen molar-refractivity contribution in [2.24, 2.45) is 4.99 Å². The van der Waals surface area contributed by atoms with Gasteiger partial charge < -0.3 is 24.7 Å². The minimum Gasteiger partial charge on any atom is -0.490 e. The number of aromatic nitrogens is 2. The molecule has 1 aliphatic rings. The second-order valence-electron chi connectivity index (χ2n) is 6.63. The maximum Gasteiger partial charge on any atom is 0.196 e. The van der Waals surface area contributed by atoms with E-state index in [2.05, 4.69) is 27.8 Å². The van der Waals surface area contributed by atoms with Crippen LogP contribution >= 0.6 is 24.0 Å². The van der Waals surface area contributed by atoms with Crippen molar-refractivity contribution in [1.82, 2.24) is 14.9 Å². The molecule has 2 heterocycles. The van der Waals surface area contributed by atoms with Crippen LogP contribution in [0, 0.1) is 0 Å². The van der Waals surface area contributed by atoms with E-state index in [9.17, 15) is 0 Å². The van der Waals surface area contributed by atoms with Crippen molar-refractivity contribution in [2.45, 2.75) is 19.9 Å². The summed E-state index contributed by atoms with van der Waals surface area (Å²) in [5.41, 5.74) is 3.08. The fraction of sp³-hybridized carbons (Fsp3) is 0.273. The lowest BCUT2D eigenvalue weighted by Gasteiger charge is -2.14. The fourth-order valence-electron chi connectivity index (χ4n) is 3.15. The number of imidazole rings is 1. The van der Waals surface area contributed by atoms with Crippen LogP contribution in [0.15, 0.2) is 66.2 Å². The van der Waals surface area contributed by atoms with Gasteiger partial charge in [-0.2, -0.15) is 0 Å². The molecule has 7 nitrogen and oxygen atoms in total. The zero-order valence-corrected chi connectivity index (χ0v) is 19.2. The lowest BCUT2D eigenvalue weighted by atomic mass is 10.2. The van der Waals surface area contributed by atoms with E-state index in [1.807, 2.05) is 48.0 Å². The standard InChI is InChI=1S/C22H25N5O2.HI/c1-2-24-22(26-18-8-9-20-21(14-18)29-13-5-12-28-20)25-15-17-6-3-4-7-19(17)27-11-10-23-16-27;/h3-4,6-11,14,16H,2,5,12-13,15H2,1H3,(H2,24,25,26);1H. The number of nitrogens with zero attached hydrogens (tertiary/aromatic N) is 3. The number of nitrogens with one attached hydrogen (secondary N) is 2. The third kappa shape index (κ3) is 5.44. The average molecular weight is 519 g/mol. The lowest BCUT2D eigenvalue weighted by Crippen LogP contribution is -2.30. The Labute approximate surface area is 193 Å². The summed E-state index contributed by atoms with van der Waals surface area (Å²) in [5.74, 6) is 2.25. The molecule has 8 heteroatoms. The van der Waals surface area contributed by atoms with Gasteiger partial charge in [0.15, 0.2) is 17.5 Å². The lowest BCUT2D eigenvalue weighted by molar-refractivity contribution is 0.297. The molecule has 4 rings (SSSR count). The first kappa shape index (κ1) is 21.9. The van der Waals surface area contributed by atoms with Crippen molar-refractivity contribution in [1.29, 1.82) is 0 Å². The van der Waals surface area contributed by atoms with Crippen molar-refractivity contribution >= 4 is 35.6 Å². The molecule has 0 spiro atoms. The third-order valence-electron chi connectivity index (χ3n) is 4.54. The number of rotatable bonds is 5. The van der Waals surface area contributed by atoms with Crippen LogP contribution in [-0.2, 0) is 6.54 Å². The number of aliphatic imine (C=N–C) groups is 1. The predicted octanol–water partition coefficient (Wildman–Crippen LogP) is 4.23. The van der Waals surface area contributed by atoms with Gasteiger partial charge in [-0.1, -0.05) is 18.2 Å². The normalized spacial score (nSPS) is 13.2. The summed E-state index contributed by atoms with van der Waals surface area (Å²) in [5, 5.41) is 6.65. The summed E-state index contributed by atoms with van der Waals surface area (Å²) >= 11 is 0. The highest BCUT2D eigenvalue weighted by Gasteiger charge is 2.11. The van der Waals surface area contributed by atoms with Gasteiger partial charge in [0, 0.05) is 37.1 Å². The van der Waals surface area contributed by atoms with E-state index in [1.165, 1.54) is 0 Å². The maximum absolute atomic E-state index is 5.78. The first-order chi connectivity index (χ1) is 14.3. The Morgan fingerprint density at radius 2 is 1.97 bits per heavy atom. The highest BCUT2D eigenvalue weighted by molar-refractivity contribution is 14.0. The molecule has 0 amide bonds. The topological polar surface area (TPSA) is 72.7 Å². The van der Waals surface area contributed by atoms with Gasteiger partial charge in [0.1, 0.15) is 0 Å². The van der Waals surface area contributed by atoms with E-state index in [0.29, 0.717) is 25.7 Å². The van der Waals surface area contributed by atoms with Gasteiger partial charge >= 0.3 is 0 Å². The second kappa shape index (κ2) is 10.9. The molecule has 0 unspecified atom stereocenters. The van der Waals surface area contributed by atoms with Crippen LogP contribution in [0.25, 0.3) is 5.69 Å². The minimum atomic E-state index is 0. The SMILES string of the molecule is CCNC(=NCc1ccccc1-n1ccnc1)Nc1ccc2c(c1)OCCCO2.I. The molecule has 1 aromatic heterocycles. The molecule has 0 saturated heterocycles. The molecule has 0 bridgehead atoms. The molecule has 0 fully saturated rings. The van der Waals surface area contributed by atoms with E-state index >= 15 is 0 Å². The van der Waals surface area contributed by atoms with Gasteiger partial charge in [0.05, 0.1) is 31.8 Å². The number of guanidine groups is 1. The van der Waals surface area contributed by atoms with Crippen LogP contribution in [0.1, 0.15) is 18.9 Å². The van der Waals surface area contributed by atoms with Gasteiger partial charge in [-0.3, -0.25) is 0 Å². The van der Waals surface area contributed by atoms with Crippen molar-refractivity contribution < 1.29 is 9.47 Å². The Bertz CT molecular complexity index is 975. The number of benzene rings is 2. The van der Waals surface area contributed by atoms with Crippen molar-refractivity contribution in [3.8, 4) is 17.2 Å². The fourth-order valence-corrected chi connectivity index (χ4v) is 3.15. The highest BCUT2D eigenvalue weighted by atomic mass is 127. The van der Waals surface area contributed by atoms with E-state index in [0.717, 1.165) is 41.4 Å². The van der Waals surface area contributed by atoms with Gasteiger partial charge in [-0.25, -0.2) is 9.98 Å². The molecule has 158 valence electrons. The quantitative estimate of drug-likeness (QED) is 0.300. The number of halogens is 1. The molecule has 0 aliphatic carbocycles. The van der Waals surface area contributed by atoms with Crippen molar-refractivity contribution in [2.75, 3.05) is 25.1 Å². The molecular weight excluding hydrogens is 493 g/mol. The van der Waals surface area contributed by atoms with Crippen molar-refractivity contribution in [3.63, 3.8) is 0 Å². The molecule has 30 heavy (non-hydrogen) atoms. The van der Waals surface area contributed by atoms with E-state index in [4.69, 9.17) is 14.5 Å². The third-order valence-corrected chi connectivity index (χ3v) is 4.54. The van der Waals surface area contributed by atoms with E-state index in [-0.39, 0.29) is 24.0 Å². The molecule has 0 radical (unpaired) electrons. The summed E-state index contributed by atoms with van der Waals surface area (Å²) in [7, 11) is 0. The molecule has 0 saturated carbocycles. The summed E-state index contributed by atoms with van der Waals surface area (Å²) in [6.45, 7) is 4.69. The second-order valence-corrected chi connectivity index (χ2v) is 6.63. The number of hydrogen-bond donors (Lipinski definition) is 2. The first-order valence-corrected chi connectivity index (χ1v) is 9.84. The van der Waals surface area contributed by atoms with Gasteiger partial charge in [0.25, 0.3) is 0 Å². The minimum absolute atomic E-state index is 0. The Morgan fingerprint density at radius 1 is 1.13 bits per heavy atom. The van der Waals surface area contributed by atoms with Crippen LogP contribution < -0.4 is 20.1 Å². The van der Waals surface area contributed by atoms with E-state index < -0.39 is 0 Å². The number of anilines is 1. The zero-order chi connectivity index (χ0) is 19.9. The monoisotopic (exact) mass is 519 g/mol. The Balaban J connectivity index is 0.00000256. The molecular formula is C22H26IN5O2. The summed E-state index contributed by atoms with van der Waals surface area (Å²) in [6, 6.07) is 14.0. The van der Waals surface area contributed by atoms with Crippen LogP contribution in [0.5, 0.6) is 11.5 Å². The Hall–Kier alpha value is -2.75. The zero-order valence-electron chi connectivity index (χ0n) is 16.9. The number of para-hydroxylation sites is 1. The highest BCUT2D eigenvalue weighted by Crippen LogP contribution is 2.32. The Morgan fingerprint density at radius 3 is 2.77 bits per heavy atom.